The lowest BCUT2D eigenvalue weighted by Crippen LogP contribution is -2.29. The first-order chi connectivity index (χ1) is 12.5. The lowest BCUT2D eigenvalue weighted by molar-refractivity contribution is -0.135. The minimum absolute atomic E-state index is 0.299. The number of aliphatic carboxylic acids is 1. The molecule has 2 amide bonds. The van der Waals surface area contributed by atoms with Gasteiger partial charge >= 0.3 is 5.97 Å². The van der Waals surface area contributed by atoms with Gasteiger partial charge in [-0.1, -0.05) is 24.3 Å². The van der Waals surface area contributed by atoms with E-state index in [4.69, 9.17) is 5.11 Å². The molecule has 0 aliphatic rings. The summed E-state index contributed by atoms with van der Waals surface area (Å²) >= 11 is 0. The number of benzene rings is 2. The van der Waals surface area contributed by atoms with Crippen LogP contribution in [0.3, 0.4) is 0 Å². The van der Waals surface area contributed by atoms with Crippen molar-refractivity contribution < 1.29 is 19.5 Å². The number of carboxylic acids is 1. The van der Waals surface area contributed by atoms with E-state index in [0.717, 1.165) is 10.8 Å². The summed E-state index contributed by atoms with van der Waals surface area (Å²) in [6.07, 6.45) is 1.58. The number of carboxylic acid groups (broad SMARTS) is 1. The first-order valence-electron chi connectivity index (χ1n) is 7.80. The van der Waals surface area contributed by atoms with Gasteiger partial charge in [-0.3, -0.25) is 19.4 Å². The van der Waals surface area contributed by atoms with Gasteiger partial charge in [-0.25, -0.2) is 0 Å². The number of carbonyl (C=O) groups is 3. The van der Waals surface area contributed by atoms with Gasteiger partial charge in [0.05, 0.1) is 0 Å². The second kappa shape index (κ2) is 7.43. The Hall–Kier alpha value is -3.74. The molecule has 26 heavy (non-hydrogen) atoms. The van der Waals surface area contributed by atoms with Crippen molar-refractivity contribution >= 4 is 34.2 Å². The molecule has 3 aromatic rings. The third-order valence-corrected chi connectivity index (χ3v) is 3.69. The molecule has 1 heterocycles. The van der Waals surface area contributed by atoms with Crippen LogP contribution in [0.2, 0.25) is 0 Å². The van der Waals surface area contributed by atoms with Crippen LogP contribution in [0.4, 0.5) is 5.69 Å². The summed E-state index contributed by atoms with van der Waals surface area (Å²) in [7, 11) is 0. The molecular formula is C19H15N3O4. The first kappa shape index (κ1) is 17.1. The van der Waals surface area contributed by atoms with Crippen LogP contribution in [-0.4, -0.2) is 34.4 Å². The number of fused-ring (bicyclic) bond motifs is 1. The number of rotatable bonds is 5. The van der Waals surface area contributed by atoms with Crippen molar-refractivity contribution in [2.45, 2.75) is 0 Å². The molecule has 0 bridgehead atoms. The zero-order valence-corrected chi connectivity index (χ0v) is 13.6. The van der Waals surface area contributed by atoms with E-state index in [9.17, 15) is 14.4 Å². The maximum atomic E-state index is 12.5. The molecule has 2 aromatic carbocycles. The van der Waals surface area contributed by atoms with E-state index in [1.807, 2.05) is 30.3 Å². The van der Waals surface area contributed by atoms with E-state index in [2.05, 4.69) is 15.6 Å². The van der Waals surface area contributed by atoms with Gasteiger partial charge in [0.2, 0.25) is 0 Å². The normalized spacial score (nSPS) is 10.3. The number of hydrogen-bond acceptors (Lipinski definition) is 4. The van der Waals surface area contributed by atoms with Crippen molar-refractivity contribution in [2.75, 3.05) is 11.9 Å². The number of nitrogens with zero attached hydrogens (tertiary/aromatic N) is 1. The zero-order valence-electron chi connectivity index (χ0n) is 13.6. The van der Waals surface area contributed by atoms with Crippen molar-refractivity contribution in [1.29, 1.82) is 0 Å². The molecular weight excluding hydrogens is 334 g/mol. The molecule has 0 saturated heterocycles. The van der Waals surface area contributed by atoms with Gasteiger partial charge in [0.15, 0.2) is 0 Å². The fourth-order valence-corrected chi connectivity index (χ4v) is 2.45. The summed E-state index contributed by atoms with van der Waals surface area (Å²) in [6.45, 7) is -0.454. The third kappa shape index (κ3) is 3.84. The molecule has 0 aliphatic heterocycles. The molecule has 3 rings (SSSR count). The summed E-state index contributed by atoms with van der Waals surface area (Å²) in [4.78, 5) is 38.9. The van der Waals surface area contributed by atoms with E-state index in [-0.39, 0.29) is 5.91 Å². The topological polar surface area (TPSA) is 108 Å². The average Bonchev–Trinajstić information content (AvgIpc) is 2.66. The van der Waals surface area contributed by atoms with E-state index in [1.165, 1.54) is 12.1 Å². The summed E-state index contributed by atoms with van der Waals surface area (Å²) in [5, 5.41) is 15.2. The number of amides is 2. The van der Waals surface area contributed by atoms with Crippen LogP contribution in [0.5, 0.6) is 0 Å². The lowest BCUT2D eigenvalue weighted by Gasteiger charge is -2.08. The number of hydrogen-bond donors (Lipinski definition) is 3. The SMILES string of the molecule is O=C(O)CNC(=O)c1ccc(NC(=O)c2nccc3ccccc23)cc1. The fourth-order valence-electron chi connectivity index (χ4n) is 2.45. The predicted octanol–water partition coefficient (Wildman–Crippen LogP) is 2.30. The highest BCUT2D eigenvalue weighted by Gasteiger charge is 2.12. The number of anilines is 1. The van der Waals surface area contributed by atoms with Gasteiger partial charge in [0, 0.05) is 22.8 Å². The average molecular weight is 349 g/mol. The summed E-state index contributed by atoms with van der Waals surface area (Å²) in [5.74, 6) is -1.98. The van der Waals surface area contributed by atoms with Crippen molar-refractivity contribution in [3.05, 3.63) is 72.1 Å². The first-order valence-corrected chi connectivity index (χ1v) is 7.80. The third-order valence-electron chi connectivity index (χ3n) is 3.69. The zero-order chi connectivity index (χ0) is 18.5. The highest BCUT2D eigenvalue weighted by atomic mass is 16.4. The molecule has 0 atom stereocenters. The molecule has 0 unspecified atom stereocenters. The standard InChI is InChI=1S/C19H15N3O4/c23-16(24)11-21-18(25)13-5-7-14(8-6-13)22-19(26)17-15-4-2-1-3-12(15)9-10-20-17/h1-10H,11H2,(H,21,25)(H,22,26)(H,23,24). The van der Waals surface area contributed by atoms with Crippen molar-refractivity contribution in [3.8, 4) is 0 Å². The fraction of sp³-hybridized carbons (Fsp3) is 0.0526. The Balaban J connectivity index is 1.73. The molecule has 3 N–H and O–H groups in total. The van der Waals surface area contributed by atoms with E-state index < -0.39 is 18.4 Å². The molecule has 1 aromatic heterocycles. The van der Waals surface area contributed by atoms with Gasteiger partial charge in [-0.15, -0.1) is 0 Å². The number of carbonyl (C=O) groups excluding carboxylic acids is 2. The van der Waals surface area contributed by atoms with Gasteiger partial charge in [-0.2, -0.15) is 0 Å². The molecule has 7 heteroatoms. The lowest BCUT2D eigenvalue weighted by atomic mass is 10.1. The van der Waals surface area contributed by atoms with Crippen LogP contribution >= 0.6 is 0 Å². The van der Waals surface area contributed by atoms with Crippen molar-refractivity contribution in [1.82, 2.24) is 10.3 Å². The number of nitrogens with one attached hydrogen (secondary N) is 2. The Morgan fingerprint density at radius 2 is 1.65 bits per heavy atom. The Labute approximate surface area is 148 Å². The van der Waals surface area contributed by atoms with Crippen LogP contribution < -0.4 is 10.6 Å². The van der Waals surface area contributed by atoms with Crippen LogP contribution in [-0.2, 0) is 4.79 Å². The summed E-state index contributed by atoms with van der Waals surface area (Å²) < 4.78 is 0. The molecule has 0 aliphatic carbocycles. The Morgan fingerprint density at radius 3 is 2.38 bits per heavy atom. The van der Waals surface area contributed by atoms with Crippen molar-refractivity contribution in [2.24, 2.45) is 0 Å². The largest absolute Gasteiger partial charge is 0.480 e. The molecule has 0 spiro atoms. The smallest absolute Gasteiger partial charge is 0.322 e. The van der Waals surface area contributed by atoms with Crippen LogP contribution in [0, 0.1) is 0 Å². The Morgan fingerprint density at radius 1 is 0.923 bits per heavy atom. The monoisotopic (exact) mass is 349 g/mol. The minimum Gasteiger partial charge on any atom is -0.480 e. The maximum absolute atomic E-state index is 12.5. The predicted molar refractivity (Wildman–Crippen MR) is 96.1 cm³/mol. The second-order valence-corrected chi connectivity index (χ2v) is 5.49. The van der Waals surface area contributed by atoms with Gasteiger partial charge in [0.1, 0.15) is 12.2 Å². The van der Waals surface area contributed by atoms with Gasteiger partial charge in [-0.05, 0) is 35.7 Å². The van der Waals surface area contributed by atoms with Crippen LogP contribution in [0.15, 0.2) is 60.8 Å². The quantitative estimate of drug-likeness (QED) is 0.655. The molecule has 7 nitrogen and oxygen atoms in total. The van der Waals surface area contributed by atoms with Crippen LogP contribution in [0.25, 0.3) is 10.8 Å². The van der Waals surface area contributed by atoms with Gasteiger partial charge < -0.3 is 15.7 Å². The maximum Gasteiger partial charge on any atom is 0.322 e. The summed E-state index contributed by atoms with van der Waals surface area (Å²) in [6, 6.07) is 15.4. The highest BCUT2D eigenvalue weighted by molar-refractivity contribution is 6.11. The van der Waals surface area contributed by atoms with Crippen molar-refractivity contribution in [3.63, 3.8) is 0 Å². The van der Waals surface area contributed by atoms with E-state index in [1.54, 1.807) is 18.3 Å². The molecule has 0 fully saturated rings. The minimum atomic E-state index is -1.12. The molecule has 130 valence electrons. The molecule has 0 radical (unpaired) electrons. The Bertz CT molecular complexity index is 978. The van der Waals surface area contributed by atoms with Gasteiger partial charge in [0.25, 0.3) is 11.8 Å². The number of aromatic nitrogens is 1. The van der Waals surface area contributed by atoms with E-state index in [0.29, 0.717) is 16.9 Å². The summed E-state index contributed by atoms with van der Waals surface area (Å²) in [5.41, 5.74) is 1.11. The van der Waals surface area contributed by atoms with E-state index >= 15 is 0 Å². The Kier molecular flexibility index (Phi) is 4.89. The second-order valence-electron chi connectivity index (χ2n) is 5.49. The number of pyridine rings is 1. The van der Waals surface area contributed by atoms with Crippen LogP contribution in [0.1, 0.15) is 20.8 Å². The molecule has 0 saturated carbocycles. The highest BCUT2D eigenvalue weighted by Crippen LogP contribution is 2.18.